The zero-order valence-corrected chi connectivity index (χ0v) is 14.3. The van der Waals surface area contributed by atoms with Crippen molar-refractivity contribution in [2.24, 2.45) is 0 Å². The van der Waals surface area contributed by atoms with Crippen LogP contribution in [0.25, 0.3) is 11.3 Å². The largest absolute Gasteiger partial charge is 0.358 e. The number of nitrogens with one attached hydrogen (secondary N) is 1. The maximum absolute atomic E-state index is 13.5. The van der Waals surface area contributed by atoms with Gasteiger partial charge in [0.1, 0.15) is 5.82 Å². The van der Waals surface area contributed by atoms with E-state index in [0.29, 0.717) is 6.42 Å². The summed E-state index contributed by atoms with van der Waals surface area (Å²) in [4.78, 5) is 12.8. The normalized spacial score (nSPS) is 21.3. The minimum Gasteiger partial charge on any atom is -0.358 e. The molecular weight excluding hydrogens is 325 g/mol. The van der Waals surface area contributed by atoms with Crippen LogP contribution >= 0.6 is 0 Å². The van der Waals surface area contributed by atoms with E-state index in [1.165, 1.54) is 12.1 Å². The highest BCUT2D eigenvalue weighted by Crippen LogP contribution is 2.52. The number of hydrogen-bond acceptors (Lipinski definition) is 2. The Morgan fingerprint density at radius 3 is 2.46 bits per heavy atom. The average molecular weight is 343 g/mol. The van der Waals surface area contributed by atoms with Gasteiger partial charge >= 0.3 is 0 Å². The van der Waals surface area contributed by atoms with Crippen molar-refractivity contribution in [2.45, 2.75) is 25.2 Å². The molecule has 1 heterocycles. The number of Topliss-reactive ketones (excluding diaryl/α,β-unsaturated/α-hetero) is 1. The minimum atomic E-state index is -0.269. The van der Waals surface area contributed by atoms with Gasteiger partial charge in [-0.2, -0.15) is 0 Å². The number of hydrogen-bond donors (Lipinski definition) is 1. The van der Waals surface area contributed by atoms with E-state index in [1.807, 2.05) is 12.1 Å². The lowest BCUT2D eigenvalue weighted by atomic mass is 9.74. The van der Waals surface area contributed by atoms with Crippen LogP contribution in [0.5, 0.6) is 0 Å². The molecule has 1 N–H and O–H groups in total. The number of dihydropyridines is 1. The average Bonchev–Trinajstić information content (AvgIpc) is 2.94. The van der Waals surface area contributed by atoms with Crippen molar-refractivity contribution in [3.63, 3.8) is 0 Å². The number of carbonyl (C=O) groups excluding carboxylic acids is 1. The van der Waals surface area contributed by atoms with Crippen molar-refractivity contribution < 1.29 is 9.18 Å². The lowest BCUT2D eigenvalue weighted by Gasteiger charge is -2.34. The first kappa shape index (κ1) is 15.3. The quantitative estimate of drug-likeness (QED) is 0.793. The first-order valence-corrected chi connectivity index (χ1v) is 8.97. The summed E-state index contributed by atoms with van der Waals surface area (Å²) in [6.45, 7) is 4.33. The van der Waals surface area contributed by atoms with Gasteiger partial charge in [-0.3, -0.25) is 4.79 Å². The van der Waals surface area contributed by atoms with Gasteiger partial charge in [0.05, 0.1) is 5.70 Å². The standard InChI is InChI=1S/C23H18FNO/c1-13-16-5-2-3-6-17(16)23-20(13)21(14-9-11-15(24)12-10-14)22-18(25-23)7-4-8-19(22)26/h2-3,5-6,9-12,21,25H,1,4,7-8H2. The molecule has 26 heavy (non-hydrogen) atoms. The van der Waals surface area contributed by atoms with E-state index in [0.717, 1.165) is 57.6 Å². The molecule has 0 bridgehead atoms. The second-order valence-corrected chi connectivity index (χ2v) is 7.09. The number of ketones is 1. The first-order valence-electron chi connectivity index (χ1n) is 8.97. The molecule has 3 aliphatic rings. The summed E-state index contributed by atoms with van der Waals surface area (Å²) in [5.74, 6) is -0.271. The van der Waals surface area contributed by atoms with Crippen LogP contribution in [0, 0.1) is 5.82 Å². The van der Waals surface area contributed by atoms with Crippen LogP contribution < -0.4 is 5.32 Å². The SMILES string of the molecule is C=C1C2=C(NC3=C(C(=O)CCC3)C2c2ccc(F)cc2)c2ccccc21. The van der Waals surface area contributed by atoms with Crippen molar-refractivity contribution in [1.29, 1.82) is 0 Å². The van der Waals surface area contributed by atoms with Crippen molar-refractivity contribution in [1.82, 2.24) is 5.32 Å². The molecule has 0 spiro atoms. The van der Waals surface area contributed by atoms with Gasteiger partial charge in [-0.15, -0.1) is 0 Å². The minimum absolute atomic E-state index is 0.184. The molecule has 0 fully saturated rings. The van der Waals surface area contributed by atoms with E-state index in [-0.39, 0.29) is 17.5 Å². The Labute approximate surface area is 151 Å². The highest BCUT2D eigenvalue weighted by Gasteiger charge is 2.41. The zero-order chi connectivity index (χ0) is 17.8. The Bertz CT molecular complexity index is 1030. The fourth-order valence-electron chi connectivity index (χ4n) is 4.47. The Morgan fingerprint density at radius 1 is 0.962 bits per heavy atom. The molecule has 1 unspecified atom stereocenters. The molecule has 0 saturated carbocycles. The van der Waals surface area contributed by atoms with E-state index in [9.17, 15) is 9.18 Å². The first-order chi connectivity index (χ1) is 12.6. The molecule has 0 aromatic heterocycles. The third kappa shape index (κ3) is 2.07. The van der Waals surface area contributed by atoms with E-state index in [2.05, 4.69) is 24.0 Å². The lowest BCUT2D eigenvalue weighted by Crippen LogP contribution is -2.30. The van der Waals surface area contributed by atoms with Crippen LogP contribution in [0.1, 0.15) is 41.9 Å². The molecule has 2 aromatic rings. The fraction of sp³-hybridized carbons (Fsp3) is 0.174. The molecule has 1 atom stereocenters. The van der Waals surface area contributed by atoms with Gasteiger partial charge in [-0.05, 0) is 47.2 Å². The molecule has 0 amide bonds. The number of carbonyl (C=O) groups is 1. The summed E-state index contributed by atoms with van der Waals surface area (Å²) >= 11 is 0. The van der Waals surface area contributed by atoms with Crippen molar-refractivity contribution in [3.8, 4) is 0 Å². The maximum Gasteiger partial charge on any atom is 0.161 e. The van der Waals surface area contributed by atoms with Crippen molar-refractivity contribution >= 4 is 17.1 Å². The van der Waals surface area contributed by atoms with Gasteiger partial charge in [0.15, 0.2) is 5.78 Å². The molecule has 2 nitrogen and oxygen atoms in total. The van der Waals surface area contributed by atoms with Gasteiger partial charge in [-0.25, -0.2) is 4.39 Å². The number of fused-ring (bicyclic) bond motifs is 2. The number of halogens is 1. The molecule has 2 aliphatic carbocycles. The van der Waals surface area contributed by atoms with E-state index < -0.39 is 0 Å². The monoisotopic (exact) mass is 343 g/mol. The third-order valence-corrected chi connectivity index (χ3v) is 5.63. The van der Waals surface area contributed by atoms with Crippen LogP contribution in [0.2, 0.25) is 0 Å². The smallest absolute Gasteiger partial charge is 0.161 e. The van der Waals surface area contributed by atoms with Crippen LogP contribution in [-0.2, 0) is 4.79 Å². The Kier molecular flexibility index (Phi) is 3.26. The molecule has 5 rings (SSSR count). The van der Waals surface area contributed by atoms with Crippen LogP contribution in [0.15, 0.2) is 72.0 Å². The highest BCUT2D eigenvalue weighted by atomic mass is 19.1. The van der Waals surface area contributed by atoms with Crippen LogP contribution in [-0.4, -0.2) is 5.78 Å². The molecule has 3 heteroatoms. The second kappa shape index (κ2) is 5.53. The lowest BCUT2D eigenvalue weighted by molar-refractivity contribution is -0.116. The van der Waals surface area contributed by atoms with E-state index in [4.69, 9.17) is 0 Å². The predicted octanol–water partition coefficient (Wildman–Crippen LogP) is 4.96. The van der Waals surface area contributed by atoms with Gasteiger partial charge in [0.2, 0.25) is 0 Å². The Morgan fingerprint density at radius 2 is 1.69 bits per heavy atom. The summed E-state index contributed by atoms with van der Waals surface area (Å²) in [6, 6.07) is 14.7. The van der Waals surface area contributed by atoms with Gasteiger partial charge in [0, 0.05) is 29.2 Å². The van der Waals surface area contributed by atoms with Crippen molar-refractivity contribution in [2.75, 3.05) is 0 Å². The predicted molar refractivity (Wildman–Crippen MR) is 101 cm³/mol. The fourth-order valence-corrected chi connectivity index (χ4v) is 4.47. The molecular formula is C23H18FNO. The maximum atomic E-state index is 13.5. The number of rotatable bonds is 1. The summed E-state index contributed by atoms with van der Waals surface area (Å²) in [5.41, 5.74) is 8.06. The van der Waals surface area contributed by atoms with Crippen molar-refractivity contribution in [3.05, 3.63) is 94.5 Å². The molecule has 128 valence electrons. The summed E-state index contributed by atoms with van der Waals surface area (Å²) < 4.78 is 13.5. The number of allylic oxidation sites excluding steroid dienone is 4. The summed E-state index contributed by atoms with van der Waals surface area (Å²) in [7, 11) is 0. The number of benzene rings is 2. The molecule has 0 radical (unpaired) electrons. The molecule has 0 saturated heterocycles. The van der Waals surface area contributed by atoms with Gasteiger partial charge in [-0.1, -0.05) is 43.0 Å². The molecule has 2 aromatic carbocycles. The van der Waals surface area contributed by atoms with E-state index in [1.54, 1.807) is 12.1 Å². The second-order valence-electron chi connectivity index (χ2n) is 7.09. The Hall–Kier alpha value is -2.94. The zero-order valence-electron chi connectivity index (χ0n) is 14.3. The van der Waals surface area contributed by atoms with Gasteiger partial charge < -0.3 is 5.32 Å². The van der Waals surface area contributed by atoms with Gasteiger partial charge in [0.25, 0.3) is 0 Å². The topological polar surface area (TPSA) is 29.1 Å². The van der Waals surface area contributed by atoms with Crippen LogP contribution in [0.3, 0.4) is 0 Å². The third-order valence-electron chi connectivity index (χ3n) is 5.63. The van der Waals surface area contributed by atoms with E-state index >= 15 is 0 Å². The molecule has 1 aliphatic heterocycles. The Balaban J connectivity index is 1.75. The summed E-state index contributed by atoms with van der Waals surface area (Å²) in [6.07, 6.45) is 2.30. The van der Waals surface area contributed by atoms with Crippen LogP contribution in [0.4, 0.5) is 4.39 Å². The highest BCUT2D eigenvalue weighted by molar-refractivity contribution is 6.07. The summed E-state index contributed by atoms with van der Waals surface area (Å²) in [5, 5.41) is 3.55.